The minimum Gasteiger partial charge on any atom is -0.376 e. The van der Waals surface area contributed by atoms with Gasteiger partial charge in [-0.05, 0) is 69.0 Å². The lowest BCUT2D eigenvalue weighted by molar-refractivity contribution is -0.120. The summed E-state index contributed by atoms with van der Waals surface area (Å²) in [5, 5.41) is 2.81. The van der Waals surface area contributed by atoms with Gasteiger partial charge in [0.2, 0.25) is 5.91 Å². The Morgan fingerprint density at radius 2 is 1.83 bits per heavy atom. The monoisotopic (exact) mass is 416 g/mol. The van der Waals surface area contributed by atoms with Gasteiger partial charge in [0.1, 0.15) is 6.54 Å². The standard InChI is InChI=1S/C22H28N2O4S/c1-16-6-10-21(11-7-16)29(26,27)24(19-9-8-17(2)18(3)13-19)15-22(25)23-14-20-5-4-12-28-20/h6-11,13,20H,4-5,12,14-15H2,1-3H3,(H,23,25). The van der Waals surface area contributed by atoms with E-state index in [-0.39, 0.29) is 23.5 Å². The van der Waals surface area contributed by atoms with Crippen LogP contribution < -0.4 is 9.62 Å². The van der Waals surface area contributed by atoms with Crippen LogP contribution in [0.15, 0.2) is 47.4 Å². The highest BCUT2D eigenvalue weighted by Gasteiger charge is 2.28. The van der Waals surface area contributed by atoms with Crippen LogP contribution in [0.3, 0.4) is 0 Å². The molecule has 0 aliphatic carbocycles. The number of hydrogen-bond donors (Lipinski definition) is 1. The molecule has 0 saturated carbocycles. The molecule has 1 atom stereocenters. The van der Waals surface area contributed by atoms with E-state index in [9.17, 15) is 13.2 Å². The Morgan fingerprint density at radius 1 is 1.10 bits per heavy atom. The fraction of sp³-hybridized carbons (Fsp3) is 0.409. The second-order valence-electron chi connectivity index (χ2n) is 7.53. The average molecular weight is 417 g/mol. The molecule has 29 heavy (non-hydrogen) atoms. The summed E-state index contributed by atoms with van der Waals surface area (Å²) in [5.74, 6) is -0.352. The van der Waals surface area contributed by atoms with Crippen LogP contribution in [0.2, 0.25) is 0 Å². The first kappa shape index (κ1) is 21.3. The second-order valence-corrected chi connectivity index (χ2v) is 9.39. The molecule has 1 heterocycles. The molecule has 1 unspecified atom stereocenters. The highest BCUT2D eigenvalue weighted by Crippen LogP contribution is 2.26. The van der Waals surface area contributed by atoms with Gasteiger partial charge in [-0.2, -0.15) is 0 Å². The Balaban J connectivity index is 1.87. The number of carbonyl (C=O) groups is 1. The van der Waals surface area contributed by atoms with Crippen LogP contribution in [0.4, 0.5) is 5.69 Å². The van der Waals surface area contributed by atoms with Crippen molar-refractivity contribution < 1.29 is 17.9 Å². The maximum atomic E-state index is 13.4. The van der Waals surface area contributed by atoms with Crippen LogP contribution in [0.1, 0.15) is 29.5 Å². The van der Waals surface area contributed by atoms with Gasteiger partial charge in [0.15, 0.2) is 0 Å². The van der Waals surface area contributed by atoms with Crippen molar-refractivity contribution in [3.05, 3.63) is 59.2 Å². The summed E-state index contributed by atoms with van der Waals surface area (Å²) in [6.07, 6.45) is 1.89. The first-order valence-electron chi connectivity index (χ1n) is 9.82. The lowest BCUT2D eigenvalue weighted by atomic mass is 10.1. The molecule has 2 aromatic carbocycles. The molecule has 0 bridgehead atoms. The van der Waals surface area contributed by atoms with Crippen LogP contribution in [-0.2, 0) is 19.6 Å². The van der Waals surface area contributed by atoms with Gasteiger partial charge in [0.05, 0.1) is 16.7 Å². The SMILES string of the molecule is Cc1ccc(S(=O)(=O)N(CC(=O)NCC2CCCO2)c2ccc(C)c(C)c2)cc1. The molecule has 2 aromatic rings. The molecule has 6 nitrogen and oxygen atoms in total. The topological polar surface area (TPSA) is 75.7 Å². The third-order valence-electron chi connectivity index (χ3n) is 5.23. The van der Waals surface area contributed by atoms with Gasteiger partial charge in [-0.3, -0.25) is 9.10 Å². The van der Waals surface area contributed by atoms with Crippen LogP contribution >= 0.6 is 0 Å². The number of amides is 1. The fourth-order valence-corrected chi connectivity index (χ4v) is 4.67. The zero-order valence-corrected chi connectivity index (χ0v) is 18.0. The van der Waals surface area contributed by atoms with Gasteiger partial charge >= 0.3 is 0 Å². The van der Waals surface area contributed by atoms with E-state index < -0.39 is 10.0 Å². The van der Waals surface area contributed by atoms with Gasteiger partial charge < -0.3 is 10.1 Å². The number of ether oxygens (including phenoxy) is 1. The molecule has 1 amide bonds. The van der Waals surface area contributed by atoms with Crippen molar-refractivity contribution in [2.24, 2.45) is 0 Å². The summed E-state index contributed by atoms with van der Waals surface area (Å²) in [6, 6.07) is 12.1. The second kappa shape index (κ2) is 8.97. The molecule has 1 aliphatic heterocycles. The number of aryl methyl sites for hydroxylation is 3. The highest BCUT2D eigenvalue weighted by atomic mass is 32.2. The quantitative estimate of drug-likeness (QED) is 0.753. The Hall–Kier alpha value is -2.38. The lowest BCUT2D eigenvalue weighted by Gasteiger charge is -2.25. The molecule has 156 valence electrons. The van der Waals surface area contributed by atoms with Gasteiger partial charge in [-0.25, -0.2) is 8.42 Å². The molecular formula is C22H28N2O4S. The van der Waals surface area contributed by atoms with Crippen LogP contribution in [0, 0.1) is 20.8 Å². The van der Waals surface area contributed by atoms with Crippen molar-refractivity contribution in [3.63, 3.8) is 0 Å². The number of rotatable bonds is 7. The molecule has 1 aliphatic rings. The summed E-state index contributed by atoms with van der Waals surface area (Å²) in [6.45, 7) is 6.60. The van der Waals surface area contributed by atoms with Gasteiger partial charge in [-0.15, -0.1) is 0 Å². The van der Waals surface area contributed by atoms with Gasteiger partial charge in [-0.1, -0.05) is 23.8 Å². The summed E-state index contributed by atoms with van der Waals surface area (Å²) in [7, 11) is -3.89. The summed E-state index contributed by atoms with van der Waals surface area (Å²) >= 11 is 0. The van der Waals surface area contributed by atoms with Crippen LogP contribution in [0.5, 0.6) is 0 Å². The molecule has 0 aromatic heterocycles. The van der Waals surface area contributed by atoms with E-state index in [1.165, 1.54) is 4.31 Å². The number of carbonyl (C=O) groups excluding carboxylic acids is 1. The van der Waals surface area contributed by atoms with Crippen molar-refractivity contribution >= 4 is 21.6 Å². The number of sulfonamides is 1. The molecule has 1 N–H and O–H groups in total. The van der Waals surface area contributed by atoms with E-state index in [1.807, 2.05) is 26.8 Å². The van der Waals surface area contributed by atoms with Crippen molar-refractivity contribution in [1.29, 1.82) is 0 Å². The first-order valence-corrected chi connectivity index (χ1v) is 11.3. The van der Waals surface area contributed by atoms with E-state index in [2.05, 4.69) is 5.32 Å². The fourth-order valence-electron chi connectivity index (χ4n) is 3.25. The largest absolute Gasteiger partial charge is 0.376 e. The third-order valence-corrected chi connectivity index (χ3v) is 7.01. The Morgan fingerprint density at radius 3 is 2.45 bits per heavy atom. The number of nitrogens with zero attached hydrogens (tertiary/aromatic N) is 1. The predicted octanol–water partition coefficient (Wildman–Crippen LogP) is 3.10. The Labute approximate surface area is 172 Å². The normalized spacial score (nSPS) is 16.6. The maximum absolute atomic E-state index is 13.4. The lowest BCUT2D eigenvalue weighted by Crippen LogP contribution is -2.42. The molecule has 1 saturated heterocycles. The summed E-state index contributed by atoms with van der Waals surface area (Å²) < 4.78 is 33.4. The molecule has 0 spiro atoms. The number of hydrogen-bond acceptors (Lipinski definition) is 4. The highest BCUT2D eigenvalue weighted by molar-refractivity contribution is 7.92. The molecular weight excluding hydrogens is 388 g/mol. The minimum absolute atomic E-state index is 0.00252. The Bertz CT molecular complexity index is 965. The number of anilines is 1. The molecule has 7 heteroatoms. The third kappa shape index (κ3) is 5.16. The van der Waals surface area contributed by atoms with E-state index in [1.54, 1.807) is 36.4 Å². The molecule has 0 radical (unpaired) electrons. The number of benzene rings is 2. The summed E-state index contributed by atoms with van der Waals surface area (Å²) in [5.41, 5.74) is 3.47. The maximum Gasteiger partial charge on any atom is 0.264 e. The van der Waals surface area contributed by atoms with Crippen LogP contribution in [0.25, 0.3) is 0 Å². The first-order chi connectivity index (χ1) is 13.8. The van der Waals surface area contributed by atoms with Gasteiger partial charge in [0.25, 0.3) is 10.0 Å². The molecule has 3 rings (SSSR count). The Kier molecular flexibility index (Phi) is 6.59. The molecule has 1 fully saturated rings. The smallest absolute Gasteiger partial charge is 0.264 e. The van der Waals surface area contributed by atoms with Crippen molar-refractivity contribution in [3.8, 4) is 0 Å². The van der Waals surface area contributed by atoms with E-state index >= 15 is 0 Å². The van der Waals surface area contributed by atoms with Crippen molar-refractivity contribution in [2.75, 3.05) is 24.0 Å². The zero-order chi connectivity index (χ0) is 21.0. The van der Waals surface area contributed by atoms with Crippen molar-refractivity contribution in [1.82, 2.24) is 5.32 Å². The summed E-state index contributed by atoms with van der Waals surface area (Å²) in [4.78, 5) is 12.8. The predicted molar refractivity (Wildman–Crippen MR) is 114 cm³/mol. The zero-order valence-electron chi connectivity index (χ0n) is 17.1. The van der Waals surface area contributed by atoms with Crippen molar-refractivity contribution in [2.45, 2.75) is 44.6 Å². The number of nitrogens with one attached hydrogen (secondary N) is 1. The minimum atomic E-state index is -3.89. The van der Waals surface area contributed by atoms with E-state index in [0.717, 1.165) is 29.5 Å². The average Bonchev–Trinajstić information content (AvgIpc) is 3.21. The van der Waals surface area contributed by atoms with E-state index in [4.69, 9.17) is 4.74 Å². The van der Waals surface area contributed by atoms with Gasteiger partial charge in [0, 0.05) is 13.2 Å². The van der Waals surface area contributed by atoms with Crippen LogP contribution in [-0.4, -0.2) is 40.1 Å². The van der Waals surface area contributed by atoms with E-state index in [0.29, 0.717) is 18.8 Å².